The molecular weight excluding hydrogens is 164 g/mol. The summed E-state index contributed by atoms with van der Waals surface area (Å²) in [5.41, 5.74) is 0. The Kier molecular flexibility index (Phi) is 5.59. The van der Waals surface area contributed by atoms with E-state index in [1.807, 2.05) is 7.05 Å². The molecule has 0 aromatic carbocycles. The molecule has 1 N–H and O–H groups in total. The monoisotopic (exact) mass is 182 g/mol. The van der Waals surface area contributed by atoms with Gasteiger partial charge in [0, 0.05) is 26.1 Å². The van der Waals surface area contributed by atoms with Crippen LogP contribution in [0.2, 0.25) is 0 Å². The number of hydrogen-bond acceptors (Lipinski definition) is 3. The Labute approximate surface area is 80.4 Å². The minimum absolute atomic E-state index is 0.795. The number of morpholine rings is 1. The molecule has 0 spiro atoms. The fourth-order valence-electron chi connectivity index (χ4n) is 1.28. The van der Waals surface area contributed by atoms with Gasteiger partial charge in [-0.1, -0.05) is 5.92 Å². The van der Waals surface area contributed by atoms with Gasteiger partial charge >= 0.3 is 0 Å². The van der Waals surface area contributed by atoms with Crippen LogP contribution in [0.15, 0.2) is 0 Å². The third kappa shape index (κ3) is 4.89. The first-order valence-corrected chi connectivity index (χ1v) is 4.84. The quantitative estimate of drug-likeness (QED) is 0.618. The highest BCUT2D eigenvalue weighted by molar-refractivity contribution is 5.00. The lowest BCUT2D eigenvalue weighted by Gasteiger charge is -2.25. The summed E-state index contributed by atoms with van der Waals surface area (Å²) < 4.78 is 5.26. The van der Waals surface area contributed by atoms with Crippen LogP contribution in [-0.2, 0) is 4.74 Å². The summed E-state index contributed by atoms with van der Waals surface area (Å²) in [4.78, 5) is 2.40. The van der Waals surface area contributed by atoms with E-state index in [9.17, 15) is 0 Å². The number of rotatable bonds is 3. The van der Waals surface area contributed by atoms with E-state index >= 15 is 0 Å². The van der Waals surface area contributed by atoms with Crippen LogP contribution in [0.3, 0.4) is 0 Å². The van der Waals surface area contributed by atoms with Gasteiger partial charge in [-0.25, -0.2) is 0 Å². The van der Waals surface area contributed by atoms with E-state index in [-0.39, 0.29) is 0 Å². The highest BCUT2D eigenvalue weighted by Gasteiger charge is 2.07. The summed E-state index contributed by atoms with van der Waals surface area (Å²) in [5, 5.41) is 3.00. The van der Waals surface area contributed by atoms with Gasteiger partial charge in [-0.3, -0.25) is 4.90 Å². The smallest absolute Gasteiger partial charge is 0.0594 e. The van der Waals surface area contributed by atoms with Crippen molar-refractivity contribution in [3.05, 3.63) is 0 Å². The van der Waals surface area contributed by atoms with Gasteiger partial charge in [0.25, 0.3) is 0 Å². The number of hydrogen-bond donors (Lipinski definition) is 1. The van der Waals surface area contributed by atoms with Gasteiger partial charge in [0.15, 0.2) is 0 Å². The predicted octanol–water partition coefficient (Wildman–Crippen LogP) is -0.0685. The van der Waals surface area contributed by atoms with Gasteiger partial charge in [-0.05, 0) is 7.05 Å². The molecule has 13 heavy (non-hydrogen) atoms. The zero-order valence-electron chi connectivity index (χ0n) is 8.31. The fourth-order valence-corrected chi connectivity index (χ4v) is 1.28. The number of nitrogens with one attached hydrogen (secondary N) is 1. The number of nitrogens with zero attached hydrogens (tertiary/aromatic N) is 1. The van der Waals surface area contributed by atoms with E-state index < -0.39 is 0 Å². The lowest BCUT2D eigenvalue weighted by atomic mass is 10.3. The fraction of sp³-hybridized carbons (Fsp3) is 0.800. The summed E-state index contributed by atoms with van der Waals surface area (Å²) >= 11 is 0. The summed E-state index contributed by atoms with van der Waals surface area (Å²) in [6.45, 7) is 5.76. The Hall–Kier alpha value is -0.560. The molecule has 0 bridgehead atoms. The molecule has 1 saturated heterocycles. The van der Waals surface area contributed by atoms with Gasteiger partial charge in [-0.15, -0.1) is 5.92 Å². The van der Waals surface area contributed by atoms with Gasteiger partial charge in [0.2, 0.25) is 0 Å². The van der Waals surface area contributed by atoms with E-state index in [0.29, 0.717) is 0 Å². The van der Waals surface area contributed by atoms with Crippen LogP contribution >= 0.6 is 0 Å². The largest absolute Gasteiger partial charge is 0.379 e. The molecular formula is C10H18N2O. The van der Waals surface area contributed by atoms with E-state index in [1.54, 1.807) is 0 Å². The number of ether oxygens (including phenoxy) is 1. The van der Waals surface area contributed by atoms with Crippen LogP contribution in [0.25, 0.3) is 0 Å². The first-order chi connectivity index (χ1) is 6.43. The average Bonchev–Trinajstić information content (AvgIpc) is 2.19. The molecule has 3 heteroatoms. The topological polar surface area (TPSA) is 24.5 Å². The molecule has 0 radical (unpaired) electrons. The van der Waals surface area contributed by atoms with E-state index in [4.69, 9.17) is 4.74 Å². The summed E-state index contributed by atoms with van der Waals surface area (Å²) in [5.74, 6) is 6.19. The minimum atomic E-state index is 0.795. The van der Waals surface area contributed by atoms with E-state index in [2.05, 4.69) is 22.1 Å². The van der Waals surface area contributed by atoms with Crippen LogP contribution in [0.4, 0.5) is 0 Å². The van der Waals surface area contributed by atoms with E-state index in [1.165, 1.54) is 0 Å². The SMILES string of the molecule is CNCC#CCCN1CCOCC1. The molecule has 1 fully saturated rings. The zero-order chi connectivity index (χ0) is 9.36. The van der Waals surface area contributed by atoms with Gasteiger partial charge < -0.3 is 10.1 Å². The Bertz CT molecular complexity index is 177. The molecule has 0 saturated carbocycles. The van der Waals surface area contributed by atoms with Crippen LogP contribution < -0.4 is 5.32 Å². The molecule has 0 atom stereocenters. The Morgan fingerprint density at radius 3 is 2.77 bits per heavy atom. The standard InChI is InChI=1S/C10H18N2O/c1-11-5-3-2-4-6-12-7-9-13-10-8-12/h11H,4-10H2,1H3. The van der Waals surface area contributed by atoms with Crippen molar-refractivity contribution < 1.29 is 4.74 Å². The maximum Gasteiger partial charge on any atom is 0.0594 e. The zero-order valence-corrected chi connectivity index (χ0v) is 8.31. The van der Waals surface area contributed by atoms with Crippen LogP contribution in [0.5, 0.6) is 0 Å². The second-order valence-electron chi connectivity index (χ2n) is 3.09. The van der Waals surface area contributed by atoms with Crippen molar-refractivity contribution in [3.63, 3.8) is 0 Å². The molecule has 0 aromatic rings. The van der Waals surface area contributed by atoms with Crippen molar-refractivity contribution in [3.8, 4) is 11.8 Å². The van der Waals surface area contributed by atoms with Crippen molar-refractivity contribution >= 4 is 0 Å². The Morgan fingerprint density at radius 2 is 2.08 bits per heavy atom. The molecule has 3 nitrogen and oxygen atoms in total. The van der Waals surface area contributed by atoms with Crippen LogP contribution in [0, 0.1) is 11.8 Å². The highest BCUT2D eigenvalue weighted by Crippen LogP contribution is 1.96. The first kappa shape index (κ1) is 10.5. The van der Waals surface area contributed by atoms with Gasteiger partial charge in [-0.2, -0.15) is 0 Å². The van der Waals surface area contributed by atoms with Gasteiger partial charge in [0.05, 0.1) is 19.8 Å². The summed E-state index contributed by atoms with van der Waals surface area (Å²) in [7, 11) is 1.91. The van der Waals surface area contributed by atoms with E-state index in [0.717, 1.165) is 45.8 Å². The Balaban J connectivity index is 2.01. The highest BCUT2D eigenvalue weighted by atomic mass is 16.5. The molecule has 1 rings (SSSR count). The second-order valence-corrected chi connectivity index (χ2v) is 3.09. The predicted molar refractivity (Wildman–Crippen MR) is 53.6 cm³/mol. The molecule has 0 aliphatic carbocycles. The molecule has 1 aliphatic rings. The van der Waals surface area contributed by atoms with Crippen molar-refractivity contribution in [2.24, 2.45) is 0 Å². The van der Waals surface area contributed by atoms with Gasteiger partial charge in [0.1, 0.15) is 0 Å². The molecule has 74 valence electrons. The van der Waals surface area contributed by atoms with Crippen LogP contribution in [-0.4, -0.2) is 51.3 Å². The average molecular weight is 182 g/mol. The second kappa shape index (κ2) is 6.90. The summed E-state index contributed by atoms with van der Waals surface area (Å²) in [6, 6.07) is 0. The van der Waals surface area contributed by atoms with Crippen molar-refractivity contribution in [1.29, 1.82) is 0 Å². The first-order valence-electron chi connectivity index (χ1n) is 4.84. The molecule has 0 amide bonds. The summed E-state index contributed by atoms with van der Waals surface area (Å²) in [6.07, 6.45) is 0.974. The maximum absolute atomic E-state index is 5.26. The lowest BCUT2D eigenvalue weighted by molar-refractivity contribution is 0.0390. The van der Waals surface area contributed by atoms with Crippen molar-refractivity contribution in [2.45, 2.75) is 6.42 Å². The third-order valence-corrected chi connectivity index (χ3v) is 2.05. The van der Waals surface area contributed by atoms with Crippen molar-refractivity contribution in [1.82, 2.24) is 10.2 Å². The maximum atomic E-state index is 5.26. The molecule has 0 aromatic heterocycles. The molecule has 1 aliphatic heterocycles. The Morgan fingerprint density at radius 1 is 1.31 bits per heavy atom. The lowest BCUT2D eigenvalue weighted by Crippen LogP contribution is -2.36. The normalized spacial score (nSPS) is 17.9. The minimum Gasteiger partial charge on any atom is -0.379 e. The van der Waals surface area contributed by atoms with Crippen molar-refractivity contribution in [2.75, 3.05) is 46.4 Å². The van der Waals surface area contributed by atoms with Crippen LogP contribution in [0.1, 0.15) is 6.42 Å². The molecule has 0 unspecified atom stereocenters. The molecule has 1 heterocycles. The third-order valence-electron chi connectivity index (χ3n) is 2.05.